The highest BCUT2D eigenvalue weighted by atomic mass is 35.5. The van der Waals surface area contributed by atoms with Gasteiger partial charge in [-0.05, 0) is 41.7 Å². The predicted octanol–water partition coefficient (Wildman–Crippen LogP) is 6.12. The van der Waals surface area contributed by atoms with E-state index in [0.29, 0.717) is 29.0 Å². The van der Waals surface area contributed by atoms with Crippen molar-refractivity contribution in [1.82, 2.24) is 19.5 Å². The van der Waals surface area contributed by atoms with Crippen molar-refractivity contribution < 1.29 is 21.6 Å². The number of hydrogen-bond donors (Lipinski definition) is 1. The largest absolute Gasteiger partial charge is 0.449 e. The molecule has 0 atom stereocenters. The van der Waals surface area contributed by atoms with Gasteiger partial charge in [-0.2, -0.15) is 13.2 Å². The summed E-state index contributed by atoms with van der Waals surface area (Å²) < 4.78 is 69.5. The van der Waals surface area contributed by atoms with Crippen LogP contribution < -0.4 is 4.72 Å². The molecule has 0 unspecified atom stereocenters. The molecule has 0 saturated carbocycles. The van der Waals surface area contributed by atoms with Gasteiger partial charge in [-0.1, -0.05) is 37.6 Å². The van der Waals surface area contributed by atoms with Crippen molar-refractivity contribution in [2.24, 2.45) is 5.92 Å². The maximum Gasteiger partial charge on any atom is 0.449 e. The van der Waals surface area contributed by atoms with E-state index in [0.717, 1.165) is 27.0 Å². The smallest absolute Gasteiger partial charge is 0.323 e. The van der Waals surface area contributed by atoms with Crippen LogP contribution in [0.4, 0.5) is 19.1 Å². The van der Waals surface area contributed by atoms with Gasteiger partial charge in [0, 0.05) is 40.3 Å². The summed E-state index contributed by atoms with van der Waals surface area (Å²) in [6.07, 6.45) is 1.22. The van der Waals surface area contributed by atoms with E-state index in [1.54, 1.807) is 30.3 Å². The Morgan fingerprint density at radius 2 is 1.83 bits per heavy atom. The minimum atomic E-state index is -4.60. The molecule has 4 aromatic rings. The van der Waals surface area contributed by atoms with Crippen LogP contribution >= 0.6 is 22.9 Å². The lowest BCUT2D eigenvalue weighted by molar-refractivity contribution is -0.147. The highest BCUT2D eigenvalue weighted by Gasteiger charge is 2.36. The Morgan fingerprint density at radius 3 is 2.47 bits per heavy atom. The highest BCUT2D eigenvalue weighted by molar-refractivity contribution is 7.94. The van der Waals surface area contributed by atoms with Crippen LogP contribution in [0.2, 0.25) is 5.02 Å². The number of nitrogens with one attached hydrogen (secondary N) is 1. The topological polar surface area (TPSA) is 89.8 Å². The van der Waals surface area contributed by atoms with Crippen LogP contribution in [0.25, 0.3) is 11.1 Å². The second-order valence-electron chi connectivity index (χ2n) is 8.37. The summed E-state index contributed by atoms with van der Waals surface area (Å²) in [5.41, 5.74) is 1.39. The average molecular weight is 556 g/mol. The van der Waals surface area contributed by atoms with Crippen LogP contribution in [0.3, 0.4) is 0 Å². The van der Waals surface area contributed by atoms with E-state index in [4.69, 9.17) is 11.6 Å². The zero-order valence-corrected chi connectivity index (χ0v) is 21.5. The number of halogens is 4. The lowest BCUT2D eigenvalue weighted by Crippen LogP contribution is -2.15. The Balaban J connectivity index is 1.71. The fraction of sp³-hybridized carbons (Fsp3) is 0.261. The second-order valence-corrected chi connectivity index (χ2v) is 11.8. The van der Waals surface area contributed by atoms with Crippen molar-refractivity contribution in [2.45, 2.75) is 37.2 Å². The maximum absolute atomic E-state index is 13.3. The summed E-state index contributed by atoms with van der Waals surface area (Å²) in [7, 11) is -4.03. The van der Waals surface area contributed by atoms with E-state index in [1.807, 2.05) is 13.8 Å². The molecule has 4 rings (SSSR count). The van der Waals surface area contributed by atoms with Gasteiger partial charge in [-0.3, -0.25) is 0 Å². The summed E-state index contributed by atoms with van der Waals surface area (Å²) in [6.45, 7) is 3.91. The molecule has 0 saturated heterocycles. The van der Waals surface area contributed by atoms with Crippen LogP contribution in [-0.2, 0) is 29.2 Å². The average Bonchev–Trinajstić information content (AvgIpc) is 3.43. The lowest BCUT2D eigenvalue weighted by atomic mass is 10.0. The minimum Gasteiger partial charge on any atom is -0.323 e. The molecule has 0 bridgehead atoms. The molecule has 7 nitrogen and oxygen atoms in total. The molecular formula is C23H21ClF3N5O2S2. The molecule has 0 fully saturated rings. The second kappa shape index (κ2) is 10.2. The van der Waals surface area contributed by atoms with E-state index in [2.05, 4.69) is 19.7 Å². The van der Waals surface area contributed by atoms with E-state index in [-0.39, 0.29) is 21.7 Å². The zero-order chi connectivity index (χ0) is 26.1. The molecule has 0 aliphatic carbocycles. The Bertz CT molecular complexity index is 1470. The van der Waals surface area contributed by atoms with Crippen molar-refractivity contribution in [3.63, 3.8) is 0 Å². The van der Waals surface area contributed by atoms with Gasteiger partial charge < -0.3 is 4.57 Å². The Hall–Kier alpha value is -2.96. The highest BCUT2D eigenvalue weighted by Crippen LogP contribution is 2.38. The molecule has 13 heteroatoms. The molecule has 3 aromatic heterocycles. The third kappa shape index (κ3) is 5.88. The van der Waals surface area contributed by atoms with Crippen LogP contribution in [0.1, 0.15) is 30.1 Å². The van der Waals surface area contributed by atoms with Gasteiger partial charge in [-0.15, -0.1) is 11.3 Å². The summed E-state index contributed by atoms with van der Waals surface area (Å²) in [5, 5.41) is 0.202. The number of benzene rings is 1. The minimum absolute atomic E-state index is 0.0589. The van der Waals surface area contributed by atoms with Gasteiger partial charge in [0.25, 0.3) is 10.0 Å². The van der Waals surface area contributed by atoms with Crippen molar-refractivity contribution in [3.05, 3.63) is 76.4 Å². The van der Waals surface area contributed by atoms with Crippen LogP contribution in [0.5, 0.6) is 0 Å². The van der Waals surface area contributed by atoms with E-state index < -0.39 is 22.0 Å². The van der Waals surface area contributed by atoms with E-state index in [1.165, 1.54) is 18.6 Å². The number of anilines is 1. The normalized spacial score (nSPS) is 12.3. The molecule has 0 aliphatic heterocycles. The number of rotatable bonds is 8. The molecule has 1 N–H and O–H groups in total. The van der Waals surface area contributed by atoms with Gasteiger partial charge in [0.05, 0.1) is 6.54 Å². The first-order valence-corrected chi connectivity index (χ1v) is 13.4. The molecule has 190 valence electrons. The standard InChI is InChI=1S/C23H21ClF3N5O2S2/c1-14(2)10-17-12-18(20(35-17)36(33,34)31-22-29-6-3-7-30-22)15-4-5-16(19(24)11-15)13-32-9-8-28-21(32)23(25,26)27/h3-9,11-12,14H,10,13H2,1-2H3,(H,29,30,31). The monoisotopic (exact) mass is 555 g/mol. The Labute approximate surface area is 215 Å². The van der Waals surface area contributed by atoms with Crippen LogP contribution in [0, 0.1) is 5.92 Å². The lowest BCUT2D eigenvalue weighted by Gasteiger charge is -2.13. The Kier molecular flexibility index (Phi) is 7.39. The summed E-state index contributed by atoms with van der Waals surface area (Å²) in [6, 6.07) is 8.15. The first-order chi connectivity index (χ1) is 16.9. The van der Waals surface area contributed by atoms with Crippen LogP contribution in [0.15, 0.2) is 59.3 Å². The van der Waals surface area contributed by atoms with E-state index >= 15 is 0 Å². The number of imidazole rings is 1. The zero-order valence-electron chi connectivity index (χ0n) is 19.1. The van der Waals surface area contributed by atoms with Crippen molar-refractivity contribution in [2.75, 3.05) is 4.72 Å². The van der Waals surface area contributed by atoms with Crippen molar-refractivity contribution in [1.29, 1.82) is 0 Å². The molecule has 0 aliphatic rings. The molecule has 1 aromatic carbocycles. The molecule has 0 radical (unpaired) electrons. The van der Waals surface area contributed by atoms with Gasteiger partial charge in [0.15, 0.2) is 0 Å². The first kappa shape index (κ1) is 26.1. The van der Waals surface area contributed by atoms with Crippen molar-refractivity contribution in [3.8, 4) is 11.1 Å². The number of hydrogen-bond acceptors (Lipinski definition) is 6. The fourth-order valence-corrected chi connectivity index (χ4v) is 6.71. The number of sulfonamides is 1. The molecule has 0 spiro atoms. The SMILES string of the molecule is CC(C)Cc1cc(-c2ccc(Cn3ccnc3C(F)(F)F)c(Cl)c2)c(S(=O)(=O)Nc2ncccn2)s1. The van der Waals surface area contributed by atoms with Gasteiger partial charge in [-0.25, -0.2) is 28.1 Å². The maximum atomic E-state index is 13.3. The molecule has 3 heterocycles. The quantitative estimate of drug-likeness (QED) is 0.283. The van der Waals surface area contributed by atoms with E-state index in [9.17, 15) is 21.6 Å². The van der Waals surface area contributed by atoms with Crippen molar-refractivity contribution >= 4 is 38.9 Å². The molecular weight excluding hydrogens is 535 g/mol. The number of thiophene rings is 1. The first-order valence-electron chi connectivity index (χ1n) is 10.7. The predicted molar refractivity (Wildman–Crippen MR) is 132 cm³/mol. The van der Waals surface area contributed by atoms with Crippen LogP contribution in [-0.4, -0.2) is 27.9 Å². The third-order valence-corrected chi connectivity index (χ3v) is 8.44. The number of aromatic nitrogens is 4. The van der Waals surface area contributed by atoms with Gasteiger partial charge in [0.2, 0.25) is 11.8 Å². The fourth-order valence-electron chi connectivity index (χ4n) is 3.56. The number of alkyl halides is 3. The summed E-state index contributed by atoms with van der Waals surface area (Å²) >= 11 is 7.59. The summed E-state index contributed by atoms with van der Waals surface area (Å²) in [4.78, 5) is 12.1. The summed E-state index contributed by atoms with van der Waals surface area (Å²) in [5.74, 6) is -0.792. The third-order valence-electron chi connectivity index (χ3n) is 5.07. The molecule has 0 amide bonds. The Morgan fingerprint density at radius 1 is 1.11 bits per heavy atom. The molecule has 36 heavy (non-hydrogen) atoms. The van der Waals surface area contributed by atoms with Gasteiger partial charge >= 0.3 is 6.18 Å². The van der Waals surface area contributed by atoms with Gasteiger partial charge in [0.1, 0.15) is 4.21 Å². The number of nitrogens with zero attached hydrogens (tertiary/aromatic N) is 4.